The van der Waals surface area contributed by atoms with E-state index in [0.29, 0.717) is 24.7 Å². The Morgan fingerprint density at radius 2 is 2.04 bits per heavy atom. The Bertz CT molecular complexity index is 927. The molecule has 0 saturated heterocycles. The van der Waals surface area contributed by atoms with Gasteiger partial charge in [-0.05, 0) is 5.56 Å². The average Bonchev–Trinajstić information content (AvgIpc) is 2.89. The fraction of sp³-hybridized carbons (Fsp3) is 0.316. The Morgan fingerprint density at radius 1 is 1.24 bits per heavy atom. The first-order valence-electron chi connectivity index (χ1n) is 8.58. The second-order valence-corrected chi connectivity index (χ2v) is 6.63. The van der Waals surface area contributed by atoms with Gasteiger partial charge in [-0.3, -0.25) is 9.78 Å². The van der Waals surface area contributed by atoms with E-state index in [4.69, 9.17) is 4.98 Å². The molecule has 0 aliphatic carbocycles. The second-order valence-electron chi connectivity index (χ2n) is 6.63. The Balaban J connectivity index is 1.75. The van der Waals surface area contributed by atoms with Gasteiger partial charge in [0.05, 0.1) is 17.3 Å². The zero-order valence-electron chi connectivity index (χ0n) is 14.4. The van der Waals surface area contributed by atoms with E-state index in [2.05, 4.69) is 58.3 Å². The van der Waals surface area contributed by atoms with Crippen molar-refractivity contribution >= 4 is 16.9 Å². The second kappa shape index (κ2) is 6.29. The van der Waals surface area contributed by atoms with Crippen LogP contribution in [0.4, 0.5) is 0 Å². The lowest BCUT2D eigenvalue weighted by Gasteiger charge is -2.10. The Kier molecular flexibility index (Phi) is 3.97. The monoisotopic (exact) mass is 335 g/mol. The van der Waals surface area contributed by atoms with Crippen LogP contribution in [-0.2, 0) is 13.1 Å². The highest BCUT2D eigenvalue weighted by molar-refractivity contribution is 6.05. The van der Waals surface area contributed by atoms with E-state index in [1.165, 1.54) is 5.56 Å². The molecule has 0 fully saturated rings. The van der Waals surface area contributed by atoms with Crippen LogP contribution in [0.15, 0.2) is 36.7 Å². The van der Waals surface area contributed by atoms with E-state index < -0.39 is 0 Å². The summed E-state index contributed by atoms with van der Waals surface area (Å²) >= 11 is 0. The molecular formula is C19H21N5O. The number of hydrogen-bond donors (Lipinski definition) is 2. The highest BCUT2D eigenvalue weighted by atomic mass is 16.1. The van der Waals surface area contributed by atoms with Crippen LogP contribution >= 0.6 is 0 Å². The van der Waals surface area contributed by atoms with Crippen molar-refractivity contribution in [1.29, 1.82) is 0 Å². The van der Waals surface area contributed by atoms with Gasteiger partial charge < -0.3 is 15.2 Å². The largest absolute Gasteiger partial charge is 0.350 e. The van der Waals surface area contributed by atoms with Gasteiger partial charge in [0.25, 0.3) is 5.91 Å². The van der Waals surface area contributed by atoms with Crippen LogP contribution in [0.1, 0.15) is 29.8 Å². The van der Waals surface area contributed by atoms with Crippen LogP contribution in [0.3, 0.4) is 0 Å². The molecule has 2 aromatic heterocycles. The van der Waals surface area contributed by atoms with E-state index in [1.54, 1.807) is 12.4 Å². The number of pyridine rings is 1. The molecule has 1 amide bonds. The molecule has 3 heterocycles. The van der Waals surface area contributed by atoms with E-state index in [1.807, 2.05) is 0 Å². The third-order valence-electron chi connectivity index (χ3n) is 4.44. The molecule has 1 aromatic carbocycles. The lowest BCUT2D eigenvalue weighted by molar-refractivity contribution is 0.0956. The summed E-state index contributed by atoms with van der Waals surface area (Å²) in [6, 6.07) is 8.89. The lowest BCUT2D eigenvalue weighted by atomic mass is 10.1. The van der Waals surface area contributed by atoms with Crippen molar-refractivity contribution in [3.8, 4) is 11.4 Å². The number of carbonyl (C=O) groups excluding carboxylic acids is 1. The van der Waals surface area contributed by atoms with Crippen molar-refractivity contribution in [1.82, 2.24) is 25.2 Å². The summed E-state index contributed by atoms with van der Waals surface area (Å²) in [5.74, 6) is 0.794. The zero-order valence-corrected chi connectivity index (χ0v) is 14.4. The summed E-state index contributed by atoms with van der Waals surface area (Å²) in [4.78, 5) is 21.1. The van der Waals surface area contributed by atoms with Gasteiger partial charge in [-0.25, -0.2) is 4.98 Å². The molecule has 3 aromatic rings. The van der Waals surface area contributed by atoms with Crippen LogP contribution in [-0.4, -0.2) is 33.0 Å². The van der Waals surface area contributed by atoms with E-state index in [0.717, 1.165) is 29.0 Å². The normalized spacial score (nSPS) is 14.0. The van der Waals surface area contributed by atoms with Gasteiger partial charge in [0.2, 0.25) is 0 Å². The van der Waals surface area contributed by atoms with E-state index in [-0.39, 0.29) is 5.91 Å². The first kappa shape index (κ1) is 15.8. The van der Waals surface area contributed by atoms with Crippen molar-refractivity contribution in [3.05, 3.63) is 47.8 Å². The van der Waals surface area contributed by atoms with Gasteiger partial charge in [-0.15, -0.1) is 0 Å². The number of aromatic nitrogens is 3. The molecule has 0 unspecified atom stereocenters. The first-order valence-corrected chi connectivity index (χ1v) is 8.58. The van der Waals surface area contributed by atoms with E-state index in [9.17, 15) is 4.79 Å². The van der Waals surface area contributed by atoms with Crippen molar-refractivity contribution < 1.29 is 4.79 Å². The van der Waals surface area contributed by atoms with Crippen molar-refractivity contribution in [2.75, 3.05) is 6.54 Å². The third-order valence-corrected chi connectivity index (χ3v) is 4.44. The predicted octanol–water partition coefficient (Wildman–Crippen LogP) is 2.34. The van der Waals surface area contributed by atoms with E-state index >= 15 is 0 Å². The van der Waals surface area contributed by atoms with Gasteiger partial charge >= 0.3 is 0 Å². The molecule has 1 aliphatic heterocycles. The minimum absolute atomic E-state index is 0.0848. The fourth-order valence-electron chi connectivity index (χ4n) is 3.16. The highest BCUT2D eigenvalue weighted by Crippen LogP contribution is 2.27. The van der Waals surface area contributed by atoms with Gasteiger partial charge in [0, 0.05) is 37.4 Å². The SMILES string of the molecule is CC(C)NCc1ccc(-c2nc3cncc4c3n2CCNC4=O)cc1. The summed E-state index contributed by atoms with van der Waals surface area (Å²) in [6.07, 6.45) is 3.34. The summed E-state index contributed by atoms with van der Waals surface area (Å²) in [5.41, 5.74) is 4.50. The molecule has 1 aliphatic rings. The summed E-state index contributed by atoms with van der Waals surface area (Å²) in [6.45, 7) is 6.41. The minimum atomic E-state index is -0.0848. The number of benzene rings is 1. The minimum Gasteiger partial charge on any atom is -0.350 e. The van der Waals surface area contributed by atoms with Crippen LogP contribution < -0.4 is 10.6 Å². The number of nitrogens with one attached hydrogen (secondary N) is 2. The number of nitrogens with zero attached hydrogens (tertiary/aromatic N) is 3. The Morgan fingerprint density at radius 3 is 2.80 bits per heavy atom. The number of rotatable bonds is 4. The molecule has 0 saturated carbocycles. The lowest BCUT2D eigenvalue weighted by Crippen LogP contribution is -2.24. The molecule has 128 valence electrons. The van der Waals surface area contributed by atoms with Crippen LogP contribution in [0.2, 0.25) is 0 Å². The number of amides is 1. The summed E-state index contributed by atoms with van der Waals surface area (Å²) in [5, 5.41) is 6.34. The molecule has 0 spiro atoms. The number of hydrogen-bond acceptors (Lipinski definition) is 4. The first-order chi connectivity index (χ1) is 12.1. The molecule has 0 radical (unpaired) electrons. The molecular weight excluding hydrogens is 314 g/mol. The van der Waals surface area contributed by atoms with Gasteiger partial charge in [-0.2, -0.15) is 0 Å². The van der Waals surface area contributed by atoms with Crippen LogP contribution in [0, 0.1) is 0 Å². The van der Waals surface area contributed by atoms with Gasteiger partial charge in [0.15, 0.2) is 0 Å². The molecule has 2 N–H and O–H groups in total. The summed E-state index contributed by atoms with van der Waals surface area (Å²) in [7, 11) is 0. The third kappa shape index (κ3) is 2.89. The quantitative estimate of drug-likeness (QED) is 0.768. The average molecular weight is 335 g/mol. The molecule has 4 rings (SSSR count). The van der Waals surface area contributed by atoms with Crippen molar-refractivity contribution in [2.24, 2.45) is 0 Å². The molecule has 6 heteroatoms. The number of carbonyl (C=O) groups is 1. The Hall–Kier alpha value is -2.73. The smallest absolute Gasteiger partial charge is 0.255 e. The zero-order chi connectivity index (χ0) is 17.4. The maximum absolute atomic E-state index is 12.2. The fourth-order valence-corrected chi connectivity index (χ4v) is 3.16. The standard InChI is InChI=1S/C19H21N5O/c1-12(2)22-9-13-3-5-14(6-4-13)18-23-16-11-20-10-15-17(16)24(18)8-7-21-19(15)25/h3-6,10-12,22H,7-9H2,1-2H3,(H,21,25). The van der Waals surface area contributed by atoms with Crippen molar-refractivity contribution in [3.63, 3.8) is 0 Å². The molecule has 0 atom stereocenters. The topological polar surface area (TPSA) is 71.8 Å². The van der Waals surface area contributed by atoms with Crippen molar-refractivity contribution in [2.45, 2.75) is 33.0 Å². The maximum Gasteiger partial charge on any atom is 0.255 e. The molecule has 0 bridgehead atoms. The van der Waals surface area contributed by atoms with Crippen LogP contribution in [0.5, 0.6) is 0 Å². The molecule has 25 heavy (non-hydrogen) atoms. The van der Waals surface area contributed by atoms with Crippen LogP contribution in [0.25, 0.3) is 22.4 Å². The van der Waals surface area contributed by atoms with Gasteiger partial charge in [-0.1, -0.05) is 38.1 Å². The van der Waals surface area contributed by atoms with Gasteiger partial charge in [0.1, 0.15) is 11.3 Å². The summed E-state index contributed by atoms with van der Waals surface area (Å²) < 4.78 is 2.12. The Labute approximate surface area is 146 Å². The maximum atomic E-state index is 12.2. The predicted molar refractivity (Wildman–Crippen MR) is 97.3 cm³/mol. The molecule has 6 nitrogen and oxygen atoms in total. The highest BCUT2D eigenvalue weighted by Gasteiger charge is 2.22. The number of imidazole rings is 1.